The maximum absolute atomic E-state index is 12.6. The highest BCUT2D eigenvalue weighted by atomic mass is 16.6. The molecule has 1 aliphatic rings. The highest BCUT2D eigenvalue weighted by Crippen LogP contribution is 2.28. The Bertz CT molecular complexity index is 809. The van der Waals surface area contributed by atoms with E-state index in [0.29, 0.717) is 37.7 Å². The highest BCUT2D eigenvalue weighted by molar-refractivity contribution is 5.78. The maximum Gasteiger partial charge on any atom is 0.410 e. The molecule has 0 unspecified atom stereocenters. The van der Waals surface area contributed by atoms with Gasteiger partial charge in [0.05, 0.1) is 19.6 Å². The third kappa shape index (κ3) is 7.94. The Morgan fingerprint density at radius 2 is 1.62 bits per heavy atom. The van der Waals surface area contributed by atoms with Gasteiger partial charge in [0.1, 0.15) is 5.60 Å². The standard InChI is InChI=1S/C23H34N2O7/c1-16(2)31-21(27)14-17-7-8-18(19(13-17)29-6)30-15-20(26)24-9-11-25(12-10-24)22(28)32-23(3,4)5/h7-8,13,16H,9-12,14-15H2,1-6H3. The first-order chi connectivity index (χ1) is 15.0. The van der Waals surface area contributed by atoms with Crippen molar-refractivity contribution in [2.24, 2.45) is 0 Å². The van der Waals surface area contributed by atoms with E-state index in [0.717, 1.165) is 5.56 Å². The number of benzene rings is 1. The Labute approximate surface area is 189 Å². The van der Waals surface area contributed by atoms with Crippen LogP contribution in [-0.2, 0) is 25.5 Å². The summed E-state index contributed by atoms with van der Waals surface area (Å²) in [5, 5.41) is 0. The average molecular weight is 451 g/mol. The minimum atomic E-state index is -0.554. The van der Waals surface area contributed by atoms with Crippen molar-refractivity contribution in [1.82, 2.24) is 9.80 Å². The number of carbonyl (C=O) groups is 3. The van der Waals surface area contributed by atoms with E-state index in [4.69, 9.17) is 18.9 Å². The lowest BCUT2D eigenvalue weighted by Gasteiger charge is -2.35. The molecule has 1 fully saturated rings. The molecule has 2 rings (SSSR count). The van der Waals surface area contributed by atoms with Crippen molar-refractivity contribution in [3.8, 4) is 11.5 Å². The van der Waals surface area contributed by atoms with E-state index < -0.39 is 5.60 Å². The Hall–Kier alpha value is -2.97. The average Bonchev–Trinajstić information content (AvgIpc) is 2.70. The van der Waals surface area contributed by atoms with Crippen LogP contribution in [0.25, 0.3) is 0 Å². The van der Waals surface area contributed by atoms with Crippen LogP contribution in [0.3, 0.4) is 0 Å². The van der Waals surface area contributed by atoms with Gasteiger partial charge in [0.15, 0.2) is 18.1 Å². The van der Waals surface area contributed by atoms with Crippen LogP contribution < -0.4 is 9.47 Å². The predicted octanol–water partition coefficient (Wildman–Crippen LogP) is 2.65. The van der Waals surface area contributed by atoms with Crippen molar-refractivity contribution in [1.29, 1.82) is 0 Å². The van der Waals surface area contributed by atoms with E-state index in [9.17, 15) is 14.4 Å². The van der Waals surface area contributed by atoms with E-state index in [1.54, 1.807) is 41.8 Å². The SMILES string of the molecule is COc1cc(CC(=O)OC(C)C)ccc1OCC(=O)N1CCN(C(=O)OC(C)(C)C)CC1. The summed E-state index contributed by atoms with van der Waals surface area (Å²) in [7, 11) is 1.50. The monoisotopic (exact) mass is 450 g/mol. The summed E-state index contributed by atoms with van der Waals surface area (Å²) < 4.78 is 21.5. The van der Waals surface area contributed by atoms with Crippen molar-refractivity contribution < 1.29 is 33.3 Å². The fourth-order valence-corrected chi connectivity index (χ4v) is 3.11. The Balaban J connectivity index is 1.86. The molecule has 0 aliphatic carbocycles. The molecule has 178 valence electrons. The van der Waals surface area contributed by atoms with Crippen molar-refractivity contribution in [3.05, 3.63) is 23.8 Å². The van der Waals surface area contributed by atoms with Crippen LogP contribution in [0.4, 0.5) is 4.79 Å². The molecule has 1 saturated heterocycles. The van der Waals surface area contributed by atoms with Gasteiger partial charge in [-0.05, 0) is 52.3 Å². The van der Waals surface area contributed by atoms with Crippen molar-refractivity contribution in [3.63, 3.8) is 0 Å². The fraction of sp³-hybridized carbons (Fsp3) is 0.609. The molecule has 1 aromatic rings. The van der Waals surface area contributed by atoms with E-state index in [2.05, 4.69) is 0 Å². The molecule has 32 heavy (non-hydrogen) atoms. The smallest absolute Gasteiger partial charge is 0.410 e. The second-order valence-electron chi connectivity index (χ2n) is 8.84. The second-order valence-corrected chi connectivity index (χ2v) is 8.84. The third-order valence-electron chi connectivity index (χ3n) is 4.58. The molecule has 0 bridgehead atoms. The summed E-state index contributed by atoms with van der Waals surface area (Å²) >= 11 is 0. The number of rotatable bonds is 7. The van der Waals surface area contributed by atoms with Crippen LogP contribution in [0.5, 0.6) is 11.5 Å². The number of ether oxygens (including phenoxy) is 4. The largest absolute Gasteiger partial charge is 0.493 e. The predicted molar refractivity (Wildman–Crippen MR) is 118 cm³/mol. The summed E-state index contributed by atoms with van der Waals surface area (Å²) in [4.78, 5) is 39.8. The minimum absolute atomic E-state index is 0.121. The number of nitrogens with zero attached hydrogens (tertiary/aromatic N) is 2. The summed E-state index contributed by atoms with van der Waals surface area (Å²) in [5.41, 5.74) is 0.172. The van der Waals surface area contributed by atoms with Gasteiger partial charge in [0.25, 0.3) is 5.91 Å². The molecule has 0 radical (unpaired) electrons. The second kappa shape index (κ2) is 11.1. The molecule has 9 nitrogen and oxygen atoms in total. The maximum atomic E-state index is 12.6. The number of esters is 1. The molecule has 0 aromatic heterocycles. The molecule has 1 aliphatic heterocycles. The minimum Gasteiger partial charge on any atom is -0.493 e. The summed E-state index contributed by atoms with van der Waals surface area (Å²) in [6, 6.07) is 5.11. The van der Waals surface area contributed by atoms with Crippen molar-refractivity contribution in [2.75, 3.05) is 39.9 Å². The number of methoxy groups -OCH3 is 1. The zero-order valence-electron chi connectivity index (χ0n) is 19.8. The first-order valence-electron chi connectivity index (χ1n) is 10.7. The zero-order valence-corrected chi connectivity index (χ0v) is 19.8. The molecule has 0 atom stereocenters. The van der Waals surface area contributed by atoms with E-state index in [1.807, 2.05) is 20.8 Å². The van der Waals surface area contributed by atoms with Gasteiger partial charge in [-0.15, -0.1) is 0 Å². The highest BCUT2D eigenvalue weighted by Gasteiger charge is 2.28. The summed E-state index contributed by atoms with van der Waals surface area (Å²) in [5.74, 6) is 0.341. The van der Waals surface area contributed by atoms with Crippen LogP contribution in [0.15, 0.2) is 18.2 Å². The molecule has 2 amide bonds. The van der Waals surface area contributed by atoms with Crippen molar-refractivity contribution in [2.45, 2.75) is 52.7 Å². The van der Waals surface area contributed by atoms with Gasteiger partial charge in [-0.25, -0.2) is 4.79 Å². The molecule has 0 N–H and O–H groups in total. The number of amides is 2. The number of piperazine rings is 1. The molecule has 9 heteroatoms. The van der Waals surface area contributed by atoms with E-state index >= 15 is 0 Å². The van der Waals surface area contributed by atoms with Crippen LogP contribution in [0, 0.1) is 0 Å². The fourth-order valence-electron chi connectivity index (χ4n) is 3.11. The lowest BCUT2D eigenvalue weighted by molar-refractivity contribution is -0.146. The molecular weight excluding hydrogens is 416 g/mol. The molecule has 0 spiro atoms. The van der Waals surface area contributed by atoms with Crippen LogP contribution >= 0.6 is 0 Å². The lowest BCUT2D eigenvalue weighted by Crippen LogP contribution is -2.52. The topological polar surface area (TPSA) is 94.6 Å². The summed E-state index contributed by atoms with van der Waals surface area (Å²) in [6.07, 6.45) is -0.428. The Kier molecular flexibility index (Phi) is 8.74. The van der Waals surface area contributed by atoms with Crippen molar-refractivity contribution >= 4 is 18.0 Å². The third-order valence-corrected chi connectivity index (χ3v) is 4.58. The van der Waals surface area contributed by atoms with Gasteiger partial charge in [0.2, 0.25) is 0 Å². The van der Waals surface area contributed by atoms with Gasteiger partial charge < -0.3 is 28.7 Å². The summed E-state index contributed by atoms with van der Waals surface area (Å²) in [6.45, 7) is 10.5. The number of hydrogen-bond donors (Lipinski definition) is 0. The van der Waals surface area contributed by atoms with Crippen LogP contribution in [-0.4, -0.2) is 79.4 Å². The first kappa shape index (κ1) is 25.3. The van der Waals surface area contributed by atoms with Gasteiger partial charge in [-0.2, -0.15) is 0 Å². The van der Waals surface area contributed by atoms with E-state index in [1.165, 1.54) is 7.11 Å². The first-order valence-corrected chi connectivity index (χ1v) is 10.7. The zero-order chi connectivity index (χ0) is 23.9. The number of hydrogen-bond acceptors (Lipinski definition) is 7. The van der Waals surface area contributed by atoms with Gasteiger partial charge in [-0.1, -0.05) is 6.07 Å². The lowest BCUT2D eigenvalue weighted by atomic mass is 10.1. The van der Waals surface area contributed by atoms with Gasteiger partial charge in [-0.3, -0.25) is 9.59 Å². The Morgan fingerprint density at radius 3 is 2.19 bits per heavy atom. The quantitative estimate of drug-likeness (QED) is 0.590. The normalized spacial score (nSPS) is 14.2. The number of carbonyl (C=O) groups excluding carboxylic acids is 3. The molecule has 0 saturated carbocycles. The molecular formula is C23H34N2O7. The van der Waals surface area contributed by atoms with E-state index in [-0.39, 0.29) is 37.1 Å². The Morgan fingerprint density at radius 1 is 1.00 bits per heavy atom. The van der Waals surface area contributed by atoms with Gasteiger partial charge >= 0.3 is 12.1 Å². The molecule has 1 heterocycles. The van der Waals surface area contributed by atoms with Crippen LogP contribution in [0.2, 0.25) is 0 Å². The van der Waals surface area contributed by atoms with Gasteiger partial charge in [0, 0.05) is 26.2 Å². The van der Waals surface area contributed by atoms with Crippen LogP contribution in [0.1, 0.15) is 40.2 Å². The molecule has 1 aromatic carbocycles.